The molecule has 0 fully saturated rings. The van der Waals surface area contributed by atoms with Crippen molar-refractivity contribution < 1.29 is 13.3 Å². The number of hydrogen-bond acceptors (Lipinski definition) is 9. The van der Waals surface area contributed by atoms with Crippen LogP contribution < -0.4 is 0 Å². The van der Waals surface area contributed by atoms with Crippen LogP contribution >= 0.6 is 0 Å². The van der Waals surface area contributed by atoms with E-state index in [0.29, 0.717) is 0 Å². The van der Waals surface area contributed by atoms with Crippen molar-refractivity contribution in [1.29, 1.82) is 0 Å². The number of hydrogen-bond donors (Lipinski definition) is 0. The zero-order chi connectivity index (χ0) is 94.9. The van der Waals surface area contributed by atoms with Crippen LogP contribution in [0.5, 0.6) is 0 Å². The summed E-state index contributed by atoms with van der Waals surface area (Å²) in [7, 11) is 0. The lowest BCUT2D eigenvalue weighted by atomic mass is 9.88. The van der Waals surface area contributed by atoms with Gasteiger partial charge >= 0.3 is 0 Å². The van der Waals surface area contributed by atoms with Gasteiger partial charge in [-0.1, -0.05) is 323 Å². The van der Waals surface area contributed by atoms with Crippen molar-refractivity contribution in [2.45, 2.75) is 33.6 Å². The first kappa shape index (κ1) is 83.6. The van der Waals surface area contributed by atoms with E-state index in [1.165, 1.54) is 16.2 Å². The fourth-order valence-electron chi connectivity index (χ4n) is 22.1. The van der Waals surface area contributed by atoms with Crippen molar-refractivity contribution in [3.05, 3.63) is 466 Å². The van der Waals surface area contributed by atoms with E-state index in [-0.39, 0.29) is 0 Å². The van der Waals surface area contributed by atoms with E-state index in [9.17, 15) is 0 Å². The highest BCUT2D eigenvalue weighted by molar-refractivity contribution is 6.31. The monoisotopic (exact) mass is 1830 g/mol. The molecule has 0 bridgehead atoms. The van der Waals surface area contributed by atoms with Crippen molar-refractivity contribution in [3.63, 3.8) is 0 Å². The Bertz CT molecular complexity index is 10200. The third-order valence-corrected chi connectivity index (χ3v) is 28.3. The quantitative estimate of drug-likeness (QED) is 0.104. The average molecular weight is 1840 g/mol. The van der Waals surface area contributed by atoms with Crippen LogP contribution in [0.1, 0.15) is 31.3 Å². The normalized spacial score (nSPS) is 11.8. The number of pyridine rings is 3. The molecule has 0 aliphatic carbocycles. The minimum atomic E-state index is 0.845. The number of para-hydroxylation sites is 12. The molecule has 143 heavy (non-hydrogen) atoms. The average Bonchev–Trinajstić information content (AvgIpc) is 1.66. The molecule has 20 aromatic carbocycles. The highest BCUT2D eigenvalue weighted by Gasteiger charge is 2.29. The summed E-state index contributed by atoms with van der Waals surface area (Å²) in [5.41, 5.74) is 35.3. The van der Waals surface area contributed by atoms with E-state index in [0.717, 1.165) is 285 Å². The Morgan fingerprint density at radius 2 is 0.476 bits per heavy atom. The molecule has 0 saturated carbocycles. The van der Waals surface area contributed by atoms with Gasteiger partial charge in [-0.3, -0.25) is 13.7 Å². The molecule has 12 nitrogen and oxygen atoms in total. The van der Waals surface area contributed by atoms with Crippen molar-refractivity contribution in [1.82, 2.24) is 43.6 Å². The van der Waals surface area contributed by atoms with Gasteiger partial charge in [-0.15, -0.1) is 0 Å². The van der Waals surface area contributed by atoms with E-state index in [4.69, 9.17) is 43.2 Å². The maximum absolute atomic E-state index is 6.62. The Morgan fingerprint density at radius 1 is 0.189 bits per heavy atom. The smallest absolute Gasteiger partial charge is 0.136 e. The Hall–Kier alpha value is -18.8. The van der Waals surface area contributed by atoms with Gasteiger partial charge in [0.05, 0.1) is 66.7 Å². The van der Waals surface area contributed by atoms with Crippen LogP contribution in [-0.2, 0) is 12.8 Å². The molecule has 29 aromatic rings. The summed E-state index contributed by atoms with van der Waals surface area (Å²) < 4.78 is 26.6. The molecule has 0 unspecified atom stereocenters. The lowest BCUT2D eigenvalue weighted by Gasteiger charge is -2.16. The molecule has 0 N–H and O–H groups in total. The van der Waals surface area contributed by atoms with E-state index < -0.39 is 0 Å². The van der Waals surface area contributed by atoms with Crippen LogP contribution in [-0.4, -0.2) is 43.6 Å². The molecule has 0 spiro atoms. The second-order valence-corrected chi connectivity index (χ2v) is 36.7. The topological polar surface area (TPSA) is 132 Å². The first-order valence-corrected chi connectivity index (χ1v) is 48.8. The molecule has 0 aliphatic rings. The van der Waals surface area contributed by atoms with Crippen molar-refractivity contribution in [2.24, 2.45) is 0 Å². The summed E-state index contributed by atoms with van der Waals surface area (Å²) >= 11 is 0. The van der Waals surface area contributed by atoms with E-state index >= 15 is 0 Å². The predicted octanol–water partition coefficient (Wildman–Crippen LogP) is 34.6. The standard InChI is InChI=1S/2C46H31N3O.C39H25N3O/c1-2-42-47-38-23-9-10-24-39(38)49(42)33-19-13-17-31(27-33)30-16-12-18-32(26-30)43-44-34-20-6-8-22-37(34)48-46(29-14-4-3-5-15-29)36(44)28-41-45(43)35-21-7-11-25-40(35)50-41;1-2-42-47-38-20-9-10-21-39(38)49(42)33-25-23-29(24-26-33)31-15-12-16-32(27-31)43-44-34-17-6-8-19-37(34)48-46(30-13-4-3-5-14-30)36(44)28-41-45(43)35-18-7-11-22-40(35)50-41;1-24-40-32-19-8-9-20-33(32)42(24)27-15-11-14-26(22-27)36-37-28-16-5-7-18-31(28)41-39(25-12-3-2-4-13-25)30(37)23-35-38(36)29-17-6-10-21-34(29)43-35/h2*3-28H,2H2,1H3;2-23H,1H3. The maximum Gasteiger partial charge on any atom is 0.136 e. The molecule has 9 heterocycles. The molecule has 0 aliphatic heterocycles. The molecule has 29 rings (SSSR count). The highest BCUT2D eigenvalue weighted by atomic mass is 16.3. The van der Waals surface area contributed by atoms with Crippen LogP contribution in [0.25, 0.3) is 270 Å². The largest absolute Gasteiger partial charge is 0.456 e. The minimum absolute atomic E-state index is 0.845. The van der Waals surface area contributed by atoms with Gasteiger partial charge in [0.1, 0.15) is 51.0 Å². The molecule has 0 amide bonds. The SMILES string of the molecule is CCc1nc2ccccc2n1-c1ccc(-c2cccc(-c3c4c(cc5c(-c6ccccc6)nc6ccccc6c35)oc3ccccc34)c2)cc1.CCc1nc2ccccc2n1-c1cccc(-c2cccc(-c3c4c(cc5c(-c6ccccc6)nc6ccccc6c35)oc3ccccc34)c2)c1.Cc1nc2ccccc2n1-c1cccc(-c2c3c(cc4c(-c5ccccc5)nc5ccccc5c24)oc2ccccc23)c1. The van der Waals surface area contributed by atoms with Crippen molar-refractivity contribution in [3.8, 4) is 106 Å². The molecule has 0 saturated heterocycles. The molecule has 0 atom stereocenters. The first-order chi connectivity index (χ1) is 70.7. The molecule has 12 heteroatoms. The lowest BCUT2D eigenvalue weighted by Crippen LogP contribution is -2.00. The van der Waals surface area contributed by atoms with Gasteiger partial charge in [0.25, 0.3) is 0 Å². The molecular weight excluding hydrogens is 1750 g/mol. The van der Waals surface area contributed by atoms with Crippen molar-refractivity contribution in [2.75, 3.05) is 0 Å². The maximum atomic E-state index is 6.62. The fraction of sp³-hybridized carbons (Fsp3) is 0.0382. The number of aromatic nitrogens is 9. The summed E-state index contributed by atoms with van der Waals surface area (Å²) in [6.07, 6.45) is 1.70. The zero-order valence-electron chi connectivity index (χ0n) is 78.4. The van der Waals surface area contributed by atoms with Gasteiger partial charge in [-0.05, 0) is 185 Å². The van der Waals surface area contributed by atoms with E-state index in [1.807, 2.05) is 42.5 Å². The lowest BCUT2D eigenvalue weighted by molar-refractivity contribution is 0.669. The number of imidazole rings is 3. The number of furan rings is 3. The molecule has 0 radical (unpaired) electrons. The Kier molecular flexibility index (Phi) is 20.1. The van der Waals surface area contributed by atoms with Crippen LogP contribution in [0.3, 0.4) is 0 Å². The van der Waals surface area contributed by atoms with Gasteiger partial charge in [0.15, 0.2) is 0 Å². The van der Waals surface area contributed by atoms with E-state index in [1.54, 1.807) is 0 Å². The number of fused-ring (bicyclic) bond motifs is 21. The second kappa shape index (κ2) is 34.4. The minimum Gasteiger partial charge on any atom is -0.456 e. The first-order valence-electron chi connectivity index (χ1n) is 48.8. The van der Waals surface area contributed by atoms with Crippen LogP contribution in [0, 0.1) is 6.92 Å². The van der Waals surface area contributed by atoms with Crippen LogP contribution in [0.15, 0.2) is 462 Å². The molecular formula is C131H87N9O3. The number of rotatable bonds is 13. The summed E-state index contributed by atoms with van der Waals surface area (Å²) in [6, 6.07) is 158. The number of aryl methyl sites for hydroxylation is 3. The summed E-state index contributed by atoms with van der Waals surface area (Å²) in [6.45, 7) is 6.39. The van der Waals surface area contributed by atoms with Crippen molar-refractivity contribution >= 4 is 164 Å². The van der Waals surface area contributed by atoms with E-state index in [2.05, 4.69) is 441 Å². The van der Waals surface area contributed by atoms with Crippen LogP contribution in [0.2, 0.25) is 0 Å². The van der Waals surface area contributed by atoms with Gasteiger partial charge in [0.2, 0.25) is 0 Å². The summed E-state index contributed by atoms with van der Waals surface area (Å²) in [4.78, 5) is 30.4. The Balaban J connectivity index is 0.000000107. The summed E-state index contributed by atoms with van der Waals surface area (Å²) in [5, 5.41) is 16.8. The zero-order valence-corrected chi connectivity index (χ0v) is 78.4. The second-order valence-electron chi connectivity index (χ2n) is 36.7. The number of benzene rings is 20. The number of nitrogens with zero attached hydrogens (tertiary/aromatic N) is 9. The Morgan fingerprint density at radius 3 is 0.874 bits per heavy atom. The third kappa shape index (κ3) is 14.1. The van der Waals surface area contributed by atoms with Gasteiger partial charge < -0.3 is 13.3 Å². The summed E-state index contributed by atoms with van der Waals surface area (Å²) in [5.74, 6) is 3.07. The Labute approximate surface area is 821 Å². The molecule has 9 aromatic heterocycles. The predicted molar refractivity (Wildman–Crippen MR) is 590 cm³/mol. The highest BCUT2D eigenvalue weighted by Crippen LogP contribution is 2.52. The fourth-order valence-corrected chi connectivity index (χ4v) is 22.1. The van der Waals surface area contributed by atoms with Crippen LogP contribution in [0.4, 0.5) is 0 Å². The van der Waals surface area contributed by atoms with Gasteiger partial charge in [0, 0.05) is 144 Å². The third-order valence-electron chi connectivity index (χ3n) is 28.3. The van der Waals surface area contributed by atoms with Gasteiger partial charge in [-0.25, -0.2) is 29.9 Å². The molecule has 674 valence electrons. The van der Waals surface area contributed by atoms with Gasteiger partial charge in [-0.2, -0.15) is 0 Å².